The third kappa shape index (κ3) is 2.23. The van der Waals surface area contributed by atoms with Gasteiger partial charge in [-0.1, -0.05) is 0 Å². The molecule has 0 saturated carbocycles. The second-order valence-electron chi connectivity index (χ2n) is 1.66. The van der Waals surface area contributed by atoms with E-state index in [1.54, 1.807) is 0 Å². The molecule has 1 aliphatic heterocycles. The normalized spacial score (nSPS) is 27.9. The van der Waals surface area contributed by atoms with Crippen LogP contribution in [0.5, 0.6) is 0 Å². The summed E-state index contributed by atoms with van der Waals surface area (Å²) < 4.78 is 35.5. The highest BCUT2D eigenvalue weighted by molar-refractivity contribution is 7.86. The maximum atomic E-state index is 11.6. The Bertz CT molecular complexity index is 169. The molecule has 0 radical (unpaired) electrons. The molecule has 1 atom stereocenters. The first-order valence-corrected chi connectivity index (χ1v) is 3.67. The van der Waals surface area contributed by atoms with E-state index in [9.17, 15) is 12.3 Å². The van der Waals surface area contributed by atoms with Crippen molar-refractivity contribution in [2.75, 3.05) is 12.4 Å². The van der Waals surface area contributed by atoms with Crippen LogP contribution >= 0.6 is 0 Å². The Morgan fingerprint density at radius 1 is 1.75 bits per heavy atom. The minimum atomic E-state index is -4.29. The minimum Gasteiger partial charge on any atom is -0.372 e. The molecule has 1 aliphatic rings. The summed E-state index contributed by atoms with van der Waals surface area (Å²) in [5.41, 5.74) is 0. The van der Waals surface area contributed by atoms with Gasteiger partial charge in [0.1, 0.15) is 5.75 Å². The zero-order valence-electron chi connectivity index (χ0n) is 4.00. The molecule has 0 aromatic rings. The van der Waals surface area contributed by atoms with Gasteiger partial charge < -0.3 is 4.74 Å². The quantitative estimate of drug-likeness (QED) is 0.390. The van der Waals surface area contributed by atoms with Gasteiger partial charge in [0.2, 0.25) is 0 Å². The minimum absolute atomic E-state index is 0.370. The van der Waals surface area contributed by atoms with Crippen molar-refractivity contribution in [2.45, 2.75) is 6.10 Å². The average Bonchev–Trinajstić information content (AvgIpc) is 2.12. The van der Waals surface area contributed by atoms with Gasteiger partial charge in [0.15, 0.2) is 0 Å². The zero-order chi connectivity index (χ0) is 6.20. The molecule has 0 spiro atoms. The second-order valence-corrected chi connectivity index (χ2v) is 3.07. The molecular weight excluding hydrogens is 135 g/mol. The van der Waals surface area contributed by atoms with Crippen molar-refractivity contribution in [2.24, 2.45) is 0 Å². The fourth-order valence-corrected chi connectivity index (χ4v) is 1.02. The second kappa shape index (κ2) is 1.66. The molecule has 0 aromatic carbocycles. The van der Waals surface area contributed by atoms with Crippen molar-refractivity contribution in [3.8, 4) is 0 Å². The molecule has 0 N–H and O–H groups in total. The number of hydrogen-bond acceptors (Lipinski definition) is 3. The Balaban J connectivity index is 2.38. The summed E-state index contributed by atoms with van der Waals surface area (Å²) in [6.07, 6.45) is -0.370. The summed E-state index contributed by atoms with van der Waals surface area (Å²) in [6, 6.07) is 0. The van der Waals surface area contributed by atoms with Gasteiger partial charge in [-0.15, -0.1) is 3.89 Å². The smallest absolute Gasteiger partial charge is 0.305 e. The molecule has 1 fully saturated rings. The largest absolute Gasteiger partial charge is 0.372 e. The highest BCUT2D eigenvalue weighted by atomic mass is 32.3. The number of hydrogen-bond donors (Lipinski definition) is 0. The summed E-state index contributed by atoms with van der Waals surface area (Å²) in [7, 11) is -4.29. The Kier molecular flexibility index (Phi) is 1.24. The summed E-state index contributed by atoms with van der Waals surface area (Å²) in [5, 5.41) is 0. The van der Waals surface area contributed by atoms with Crippen molar-refractivity contribution in [3.05, 3.63) is 0 Å². The average molecular weight is 140 g/mol. The van der Waals surface area contributed by atoms with Crippen LogP contribution in [-0.4, -0.2) is 26.9 Å². The lowest BCUT2D eigenvalue weighted by molar-refractivity contribution is 0.420. The summed E-state index contributed by atoms with van der Waals surface area (Å²) >= 11 is 0. The van der Waals surface area contributed by atoms with Crippen molar-refractivity contribution in [3.63, 3.8) is 0 Å². The lowest BCUT2D eigenvalue weighted by Gasteiger charge is -1.82. The summed E-state index contributed by atoms with van der Waals surface area (Å²) in [4.78, 5) is 0. The number of halogens is 1. The first kappa shape index (κ1) is 5.97. The predicted octanol–water partition coefficient (Wildman–Crippen LogP) is -0.315. The van der Waals surface area contributed by atoms with Crippen LogP contribution < -0.4 is 0 Å². The Morgan fingerprint density at radius 2 is 2.25 bits per heavy atom. The maximum Gasteiger partial charge on any atom is 0.305 e. The van der Waals surface area contributed by atoms with Crippen LogP contribution in [-0.2, 0) is 15.0 Å². The molecular formula is C3H5FO3S. The van der Waals surface area contributed by atoms with E-state index in [2.05, 4.69) is 4.74 Å². The van der Waals surface area contributed by atoms with E-state index < -0.39 is 16.0 Å². The van der Waals surface area contributed by atoms with Crippen LogP contribution in [0.2, 0.25) is 0 Å². The first-order valence-electron chi connectivity index (χ1n) is 2.12. The van der Waals surface area contributed by atoms with Crippen LogP contribution in [0.4, 0.5) is 3.89 Å². The molecule has 1 unspecified atom stereocenters. The topological polar surface area (TPSA) is 46.7 Å². The van der Waals surface area contributed by atoms with Crippen molar-refractivity contribution >= 4 is 10.2 Å². The van der Waals surface area contributed by atoms with E-state index in [0.717, 1.165) is 0 Å². The van der Waals surface area contributed by atoms with E-state index in [1.165, 1.54) is 0 Å². The van der Waals surface area contributed by atoms with Gasteiger partial charge in [-0.05, 0) is 0 Å². The fraction of sp³-hybridized carbons (Fsp3) is 1.00. The SMILES string of the molecule is O=S(=O)(F)CC1CO1. The van der Waals surface area contributed by atoms with Crippen molar-refractivity contribution < 1.29 is 17.0 Å². The Labute approximate surface area is 46.7 Å². The molecule has 3 nitrogen and oxygen atoms in total. The number of rotatable bonds is 2. The molecule has 1 saturated heterocycles. The standard InChI is InChI=1S/C3H5FO3S/c4-8(5,6)2-3-1-7-3/h3H,1-2H2. The zero-order valence-corrected chi connectivity index (χ0v) is 4.82. The molecule has 0 bridgehead atoms. The molecule has 1 heterocycles. The van der Waals surface area contributed by atoms with Crippen LogP contribution in [0.3, 0.4) is 0 Å². The van der Waals surface area contributed by atoms with E-state index in [0.29, 0.717) is 6.61 Å². The van der Waals surface area contributed by atoms with Crippen molar-refractivity contribution in [1.29, 1.82) is 0 Å². The van der Waals surface area contributed by atoms with Crippen LogP contribution in [0.15, 0.2) is 0 Å². The van der Waals surface area contributed by atoms with Crippen molar-refractivity contribution in [1.82, 2.24) is 0 Å². The van der Waals surface area contributed by atoms with Gasteiger partial charge in [0.05, 0.1) is 12.7 Å². The van der Waals surface area contributed by atoms with Gasteiger partial charge in [-0.25, -0.2) is 0 Å². The predicted molar refractivity (Wildman–Crippen MR) is 24.6 cm³/mol. The first-order chi connectivity index (χ1) is 3.58. The maximum absolute atomic E-state index is 11.6. The van der Waals surface area contributed by atoms with Crippen LogP contribution in [0.1, 0.15) is 0 Å². The van der Waals surface area contributed by atoms with Crippen LogP contribution in [0.25, 0.3) is 0 Å². The van der Waals surface area contributed by atoms with Gasteiger partial charge in [0.25, 0.3) is 0 Å². The van der Waals surface area contributed by atoms with E-state index in [4.69, 9.17) is 0 Å². The third-order valence-corrected chi connectivity index (χ3v) is 1.56. The molecule has 5 heteroatoms. The molecule has 8 heavy (non-hydrogen) atoms. The van der Waals surface area contributed by atoms with Gasteiger partial charge >= 0.3 is 10.2 Å². The number of epoxide rings is 1. The molecule has 0 aromatic heterocycles. The fourth-order valence-electron chi connectivity index (χ4n) is 0.386. The van der Waals surface area contributed by atoms with Gasteiger partial charge in [0, 0.05) is 0 Å². The summed E-state index contributed by atoms with van der Waals surface area (Å²) in [6.45, 7) is 0.378. The van der Waals surface area contributed by atoms with Gasteiger partial charge in [-0.3, -0.25) is 0 Å². The van der Waals surface area contributed by atoms with E-state index >= 15 is 0 Å². The Morgan fingerprint density at radius 3 is 2.38 bits per heavy atom. The molecule has 0 aliphatic carbocycles. The Hall–Kier alpha value is -0.160. The molecule has 0 amide bonds. The highest BCUT2D eigenvalue weighted by Crippen LogP contribution is 2.11. The summed E-state index contributed by atoms with van der Waals surface area (Å²) in [5.74, 6) is -0.479. The van der Waals surface area contributed by atoms with Gasteiger partial charge in [-0.2, -0.15) is 8.42 Å². The monoisotopic (exact) mass is 140 g/mol. The lowest BCUT2D eigenvalue weighted by Crippen LogP contribution is -2.04. The lowest BCUT2D eigenvalue weighted by atomic mass is 10.6. The third-order valence-electron chi connectivity index (χ3n) is 0.787. The highest BCUT2D eigenvalue weighted by Gasteiger charge is 2.28. The van der Waals surface area contributed by atoms with Crippen LogP contribution in [0, 0.1) is 0 Å². The number of ether oxygens (including phenoxy) is 1. The molecule has 1 rings (SSSR count). The van der Waals surface area contributed by atoms with E-state index in [-0.39, 0.29) is 6.10 Å². The molecule has 48 valence electrons. The van der Waals surface area contributed by atoms with E-state index in [1.807, 2.05) is 0 Å².